The minimum Gasteiger partial charge on any atom is -0.352 e. The Bertz CT molecular complexity index is 1120. The summed E-state index contributed by atoms with van der Waals surface area (Å²) in [5.74, 6) is -0.289. The highest BCUT2D eigenvalue weighted by atomic mass is 32.2. The fourth-order valence-electron chi connectivity index (χ4n) is 3.88. The van der Waals surface area contributed by atoms with Crippen LogP contribution in [0.5, 0.6) is 0 Å². The summed E-state index contributed by atoms with van der Waals surface area (Å²) in [5, 5.41) is 2.86. The molecule has 0 saturated carbocycles. The number of fused-ring (bicyclic) bond motifs is 1. The molecule has 8 heteroatoms. The zero-order valence-electron chi connectivity index (χ0n) is 17.0. The van der Waals surface area contributed by atoms with Crippen LogP contribution >= 0.6 is 0 Å². The molecule has 7 nitrogen and oxygen atoms in total. The molecule has 1 saturated heterocycles. The van der Waals surface area contributed by atoms with E-state index in [9.17, 15) is 13.2 Å². The third-order valence-corrected chi connectivity index (χ3v) is 7.53. The van der Waals surface area contributed by atoms with E-state index in [2.05, 4.69) is 10.3 Å². The molecule has 0 spiro atoms. The molecule has 1 fully saturated rings. The number of aromatic nitrogens is 2. The van der Waals surface area contributed by atoms with Crippen LogP contribution in [0.4, 0.5) is 0 Å². The van der Waals surface area contributed by atoms with Gasteiger partial charge in [0.2, 0.25) is 10.0 Å². The van der Waals surface area contributed by atoms with Gasteiger partial charge in [-0.25, -0.2) is 13.4 Å². The fraction of sp³-hybridized carbons (Fsp3) is 0.364. The third kappa shape index (κ3) is 4.24. The van der Waals surface area contributed by atoms with Crippen molar-refractivity contribution < 1.29 is 13.2 Å². The molecule has 0 bridgehead atoms. The lowest BCUT2D eigenvalue weighted by Crippen LogP contribution is -2.42. The molecule has 1 N–H and O–H groups in total. The van der Waals surface area contributed by atoms with Crippen LogP contribution in [0.15, 0.2) is 59.8 Å². The SMILES string of the molecule is CC1CCCCN1S(=O)(=O)c1cccc(C(=O)NCCc2cn3ccccc3n2)c1. The molecule has 0 radical (unpaired) electrons. The number of hydrogen-bond acceptors (Lipinski definition) is 4. The highest BCUT2D eigenvalue weighted by Gasteiger charge is 2.31. The lowest BCUT2D eigenvalue weighted by Gasteiger charge is -2.32. The minimum absolute atomic E-state index is 0.0216. The quantitative estimate of drug-likeness (QED) is 0.657. The summed E-state index contributed by atoms with van der Waals surface area (Å²) >= 11 is 0. The van der Waals surface area contributed by atoms with E-state index in [1.807, 2.05) is 41.9 Å². The van der Waals surface area contributed by atoms with E-state index in [4.69, 9.17) is 0 Å². The van der Waals surface area contributed by atoms with E-state index >= 15 is 0 Å². The number of nitrogens with zero attached hydrogens (tertiary/aromatic N) is 3. The molecule has 3 aromatic rings. The Morgan fingerprint density at radius 2 is 2.07 bits per heavy atom. The second-order valence-electron chi connectivity index (χ2n) is 7.69. The molecule has 1 aromatic carbocycles. The number of carbonyl (C=O) groups is 1. The van der Waals surface area contributed by atoms with E-state index in [1.54, 1.807) is 22.5 Å². The summed E-state index contributed by atoms with van der Waals surface area (Å²) in [7, 11) is -3.60. The maximum atomic E-state index is 13.0. The lowest BCUT2D eigenvalue weighted by atomic mass is 10.1. The zero-order chi connectivity index (χ0) is 21.1. The van der Waals surface area contributed by atoms with Crippen LogP contribution < -0.4 is 5.32 Å². The average Bonchev–Trinajstić information content (AvgIpc) is 3.17. The van der Waals surface area contributed by atoms with Gasteiger partial charge in [-0.2, -0.15) is 4.31 Å². The van der Waals surface area contributed by atoms with E-state index in [-0.39, 0.29) is 16.8 Å². The number of nitrogens with one attached hydrogen (secondary N) is 1. The first-order chi connectivity index (χ1) is 14.4. The van der Waals surface area contributed by atoms with Gasteiger partial charge in [-0.15, -0.1) is 0 Å². The van der Waals surface area contributed by atoms with Gasteiger partial charge in [-0.1, -0.05) is 18.6 Å². The second kappa shape index (κ2) is 8.57. The largest absolute Gasteiger partial charge is 0.352 e. The number of pyridine rings is 1. The van der Waals surface area contributed by atoms with Gasteiger partial charge in [0.1, 0.15) is 5.65 Å². The summed E-state index contributed by atoms with van der Waals surface area (Å²) in [5.41, 5.74) is 2.09. The van der Waals surface area contributed by atoms with E-state index < -0.39 is 10.0 Å². The topological polar surface area (TPSA) is 83.8 Å². The summed E-state index contributed by atoms with van der Waals surface area (Å²) < 4.78 is 29.6. The van der Waals surface area contributed by atoms with Gasteiger partial charge < -0.3 is 9.72 Å². The normalized spacial score (nSPS) is 17.8. The van der Waals surface area contributed by atoms with Crippen molar-refractivity contribution in [2.75, 3.05) is 13.1 Å². The number of amides is 1. The predicted octanol–water partition coefficient (Wildman–Crippen LogP) is 2.87. The minimum atomic E-state index is -3.60. The van der Waals surface area contributed by atoms with Gasteiger partial charge in [-0.3, -0.25) is 4.79 Å². The van der Waals surface area contributed by atoms with Crippen LogP contribution in [0.2, 0.25) is 0 Å². The lowest BCUT2D eigenvalue weighted by molar-refractivity contribution is 0.0954. The van der Waals surface area contributed by atoms with Crippen molar-refractivity contribution in [2.45, 2.75) is 43.5 Å². The van der Waals surface area contributed by atoms with Crippen LogP contribution in [0.3, 0.4) is 0 Å². The zero-order valence-corrected chi connectivity index (χ0v) is 17.8. The molecule has 3 heterocycles. The molecule has 158 valence electrons. The van der Waals surface area contributed by atoms with E-state index in [1.165, 1.54) is 6.07 Å². The Morgan fingerprint density at radius 3 is 2.87 bits per heavy atom. The highest BCUT2D eigenvalue weighted by Crippen LogP contribution is 2.25. The summed E-state index contributed by atoms with van der Waals surface area (Å²) in [6.07, 6.45) is 7.24. The maximum absolute atomic E-state index is 13.0. The molecule has 1 unspecified atom stereocenters. The van der Waals surface area contributed by atoms with Crippen LogP contribution in [-0.2, 0) is 16.4 Å². The Hall–Kier alpha value is -2.71. The number of benzene rings is 1. The van der Waals surface area contributed by atoms with Crippen molar-refractivity contribution in [1.82, 2.24) is 19.0 Å². The van der Waals surface area contributed by atoms with Crippen LogP contribution in [0.25, 0.3) is 5.65 Å². The number of rotatable bonds is 6. The van der Waals surface area contributed by atoms with Crippen molar-refractivity contribution >= 4 is 21.6 Å². The van der Waals surface area contributed by atoms with Crippen LogP contribution in [0.1, 0.15) is 42.2 Å². The molecular formula is C22H26N4O3S. The summed E-state index contributed by atoms with van der Waals surface area (Å²) in [6, 6.07) is 12.1. The first kappa shape index (κ1) is 20.6. The van der Waals surface area contributed by atoms with Crippen molar-refractivity contribution in [2.24, 2.45) is 0 Å². The predicted molar refractivity (Wildman–Crippen MR) is 115 cm³/mol. The third-order valence-electron chi connectivity index (χ3n) is 5.53. The first-order valence-corrected chi connectivity index (χ1v) is 11.7. The standard InChI is InChI=1S/C22H26N4O3S/c1-17-7-2-5-14-26(17)30(28,29)20-9-6-8-18(15-20)22(27)23-12-11-19-16-25-13-4-3-10-21(25)24-19/h3-4,6,8-10,13,15-17H,2,5,7,11-12,14H2,1H3,(H,23,27). The Kier molecular flexibility index (Phi) is 5.87. The average molecular weight is 427 g/mol. The second-order valence-corrected chi connectivity index (χ2v) is 9.58. The van der Waals surface area contributed by atoms with Crippen molar-refractivity contribution in [1.29, 1.82) is 0 Å². The highest BCUT2D eigenvalue weighted by molar-refractivity contribution is 7.89. The fourth-order valence-corrected chi connectivity index (χ4v) is 5.62. The molecule has 2 aromatic heterocycles. The number of sulfonamides is 1. The molecule has 4 rings (SSSR count). The molecule has 1 atom stereocenters. The van der Waals surface area contributed by atoms with Gasteiger partial charge >= 0.3 is 0 Å². The van der Waals surface area contributed by atoms with Crippen LogP contribution in [-0.4, -0.2) is 47.1 Å². The van der Waals surface area contributed by atoms with Gasteiger partial charge in [0, 0.05) is 43.5 Å². The van der Waals surface area contributed by atoms with E-state index in [0.29, 0.717) is 25.1 Å². The smallest absolute Gasteiger partial charge is 0.251 e. The number of hydrogen-bond donors (Lipinski definition) is 1. The Balaban J connectivity index is 1.42. The number of imidazole rings is 1. The van der Waals surface area contributed by atoms with Gasteiger partial charge in [-0.05, 0) is 50.1 Å². The van der Waals surface area contributed by atoms with Crippen molar-refractivity contribution in [3.8, 4) is 0 Å². The molecule has 1 amide bonds. The molecular weight excluding hydrogens is 400 g/mol. The first-order valence-electron chi connectivity index (χ1n) is 10.3. The summed E-state index contributed by atoms with van der Waals surface area (Å²) in [4.78, 5) is 17.3. The Labute approximate surface area is 176 Å². The number of carbonyl (C=O) groups excluding carboxylic acids is 1. The molecule has 0 aliphatic carbocycles. The van der Waals surface area contributed by atoms with Gasteiger partial charge in [0.25, 0.3) is 5.91 Å². The molecule has 30 heavy (non-hydrogen) atoms. The van der Waals surface area contributed by atoms with Gasteiger partial charge in [0.05, 0.1) is 10.6 Å². The van der Waals surface area contributed by atoms with E-state index in [0.717, 1.165) is 30.6 Å². The monoisotopic (exact) mass is 426 g/mol. The van der Waals surface area contributed by atoms with Crippen LogP contribution in [0, 0.1) is 0 Å². The number of piperidine rings is 1. The Morgan fingerprint density at radius 1 is 1.20 bits per heavy atom. The molecule has 1 aliphatic rings. The van der Waals surface area contributed by atoms with Gasteiger partial charge in [0.15, 0.2) is 0 Å². The summed E-state index contributed by atoms with van der Waals surface area (Å²) in [6.45, 7) is 2.88. The molecule has 1 aliphatic heterocycles. The van der Waals surface area contributed by atoms with Crippen molar-refractivity contribution in [3.05, 3.63) is 66.1 Å². The maximum Gasteiger partial charge on any atom is 0.251 e. The van der Waals surface area contributed by atoms with Crippen molar-refractivity contribution in [3.63, 3.8) is 0 Å².